The van der Waals surface area contributed by atoms with Crippen LogP contribution in [0.25, 0.3) is 0 Å². The lowest BCUT2D eigenvalue weighted by Crippen LogP contribution is -2.35. The van der Waals surface area contributed by atoms with Crippen molar-refractivity contribution >= 4 is 15.9 Å². The highest BCUT2D eigenvalue weighted by molar-refractivity contribution is 9.10. The molecular formula is C16H24BrNO. The van der Waals surface area contributed by atoms with E-state index in [1.165, 1.54) is 5.56 Å². The summed E-state index contributed by atoms with van der Waals surface area (Å²) in [7, 11) is 1.71. The molecule has 0 spiro atoms. The van der Waals surface area contributed by atoms with Gasteiger partial charge in [0, 0.05) is 22.5 Å². The average Bonchev–Trinajstić information content (AvgIpc) is 2.37. The molecule has 1 unspecified atom stereocenters. The molecule has 106 valence electrons. The molecular weight excluding hydrogens is 302 g/mol. The van der Waals surface area contributed by atoms with Crippen LogP contribution in [0.4, 0.5) is 0 Å². The van der Waals surface area contributed by atoms with Gasteiger partial charge >= 0.3 is 0 Å². The zero-order chi connectivity index (χ0) is 14.5. The summed E-state index contributed by atoms with van der Waals surface area (Å²) in [6.07, 6.45) is 2.93. The summed E-state index contributed by atoms with van der Waals surface area (Å²) in [6.45, 7) is 11.4. The largest absolute Gasteiger partial charge is 0.496 e. The van der Waals surface area contributed by atoms with Crippen molar-refractivity contribution in [3.63, 3.8) is 0 Å². The number of halogens is 1. The molecule has 1 aromatic carbocycles. The molecule has 1 atom stereocenters. The molecule has 0 amide bonds. The van der Waals surface area contributed by atoms with Gasteiger partial charge in [0.05, 0.1) is 7.11 Å². The van der Waals surface area contributed by atoms with Crippen LogP contribution in [-0.2, 0) is 6.42 Å². The number of rotatable bonds is 7. The Hall–Kier alpha value is -0.800. The number of ether oxygens (including phenoxy) is 1. The van der Waals surface area contributed by atoms with Gasteiger partial charge in [0.15, 0.2) is 0 Å². The lowest BCUT2D eigenvalue weighted by Gasteiger charge is -2.28. The molecule has 0 saturated heterocycles. The highest BCUT2D eigenvalue weighted by Crippen LogP contribution is 2.30. The summed E-state index contributed by atoms with van der Waals surface area (Å²) in [6, 6.07) is 6.60. The van der Waals surface area contributed by atoms with Gasteiger partial charge in [-0.1, -0.05) is 42.8 Å². The van der Waals surface area contributed by atoms with Crippen LogP contribution in [0.1, 0.15) is 26.3 Å². The Morgan fingerprint density at radius 2 is 2.16 bits per heavy atom. The molecule has 3 heteroatoms. The van der Waals surface area contributed by atoms with E-state index in [-0.39, 0.29) is 5.41 Å². The van der Waals surface area contributed by atoms with Crippen molar-refractivity contribution in [1.29, 1.82) is 0 Å². The lowest BCUT2D eigenvalue weighted by molar-refractivity contribution is 0.359. The second-order valence-corrected chi connectivity index (χ2v) is 6.44. The smallest absolute Gasteiger partial charge is 0.122 e. The molecule has 0 aliphatic carbocycles. The first-order chi connectivity index (χ1) is 8.90. The molecule has 0 radical (unpaired) electrons. The topological polar surface area (TPSA) is 21.3 Å². The minimum absolute atomic E-state index is 0.0122. The van der Waals surface area contributed by atoms with Crippen LogP contribution in [0.2, 0.25) is 0 Å². The Kier molecular flexibility index (Phi) is 6.08. The number of hydrogen-bond acceptors (Lipinski definition) is 2. The molecule has 0 bridgehead atoms. The summed E-state index contributed by atoms with van der Waals surface area (Å²) in [5.74, 6) is 0.931. The molecule has 0 saturated carbocycles. The van der Waals surface area contributed by atoms with E-state index in [0.717, 1.165) is 23.2 Å². The highest BCUT2D eigenvalue weighted by Gasteiger charge is 2.22. The van der Waals surface area contributed by atoms with Gasteiger partial charge < -0.3 is 10.1 Å². The first kappa shape index (κ1) is 16.3. The van der Waals surface area contributed by atoms with Gasteiger partial charge in [0.25, 0.3) is 0 Å². The first-order valence-electron chi connectivity index (χ1n) is 6.59. The minimum Gasteiger partial charge on any atom is -0.496 e. The summed E-state index contributed by atoms with van der Waals surface area (Å²) in [5.41, 5.74) is 1.21. The van der Waals surface area contributed by atoms with Crippen molar-refractivity contribution in [3.8, 4) is 5.75 Å². The third-order valence-corrected chi connectivity index (χ3v) is 3.74. The predicted octanol–water partition coefficient (Wildman–Crippen LogP) is 4.19. The van der Waals surface area contributed by atoms with E-state index < -0.39 is 0 Å². The van der Waals surface area contributed by atoms with Crippen molar-refractivity contribution in [2.45, 2.75) is 33.2 Å². The van der Waals surface area contributed by atoms with Crippen LogP contribution in [-0.4, -0.2) is 19.7 Å². The fraction of sp³-hybridized carbons (Fsp3) is 0.500. The maximum atomic E-state index is 5.44. The van der Waals surface area contributed by atoms with Crippen LogP contribution in [0.15, 0.2) is 35.3 Å². The first-order valence-corrected chi connectivity index (χ1v) is 7.39. The van der Waals surface area contributed by atoms with Crippen LogP contribution in [0, 0.1) is 5.41 Å². The highest BCUT2D eigenvalue weighted by atomic mass is 79.9. The van der Waals surface area contributed by atoms with Crippen molar-refractivity contribution in [1.82, 2.24) is 5.32 Å². The third-order valence-electron chi connectivity index (χ3n) is 3.24. The van der Waals surface area contributed by atoms with Gasteiger partial charge in [0.1, 0.15) is 5.75 Å². The third kappa shape index (κ3) is 5.00. The fourth-order valence-electron chi connectivity index (χ4n) is 1.96. The van der Waals surface area contributed by atoms with Crippen LogP contribution in [0.3, 0.4) is 0 Å². The molecule has 1 N–H and O–H groups in total. The maximum absolute atomic E-state index is 5.44. The number of nitrogens with one attached hydrogen (secondary N) is 1. The zero-order valence-electron chi connectivity index (χ0n) is 12.3. The summed E-state index contributed by atoms with van der Waals surface area (Å²) in [4.78, 5) is 0. The normalized spacial score (nSPS) is 14.2. The van der Waals surface area contributed by atoms with Gasteiger partial charge in [-0.15, -0.1) is 6.58 Å². The molecule has 0 aliphatic rings. The number of hydrogen-bond donors (Lipinski definition) is 1. The van der Waals surface area contributed by atoms with Crippen molar-refractivity contribution < 1.29 is 4.74 Å². The SMILES string of the molecule is C=CC(C)(CNC(C)C)Cc1cc(Br)ccc1OC. The van der Waals surface area contributed by atoms with Gasteiger partial charge in [-0.25, -0.2) is 0 Å². The predicted molar refractivity (Wildman–Crippen MR) is 85.8 cm³/mol. The molecule has 1 aromatic rings. The van der Waals surface area contributed by atoms with Gasteiger partial charge in [-0.2, -0.15) is 0 Å². The maximum Gasteiger partial charge on any atom is 0.122 e. The van der Waals surface area contributed by atoms with Crippen molar-refractivity contribution in [2.75, 3.05) is 13.7 Å². The monoisotopic (exact) mass is 325 g/mol. The van der Waals surface area contributed by atoms with Crippen molar-refractivity contribution in [3.05, 3.63) is 40.9 Å². The Morgan fingerprint density at radius 3 is 2.68 bits per heavy atom. The number of benzene rings is 1. The lowest BCUT2D eigenvalue weighted by atomic mass is 9.83. The van der Waals surface area contributed by atoms with Crippen LogP contribution in [0.5, 0.6) is 5.75 Å². The van der Waals surface area contributed by atoms with E-state index >= 15 is 0 Å². The fourth-order valence-corrected chi connectivity index (χ4v) is 2.37. The van der Waals surface area contributed by atoms with E-state index in [4.69, 9.17) is 4.74 Å². The molecule has 1 rings (SSSR count). The van der Waals surface area contributed by atoms with Gasteiger partial charge in [0.2, 0.25) is 0 Å². The zero-order valence-corrected chi connectivity index (χ0v) is 13.9. The number of methoxy groups -OCH3 is 1. The quantitative estimate of drug-likeness (QED) is 0.759. The minimum atomic E-state index is 0.0122. The molecule has 0 aliphatic heterocycles. The Labute approximate surface area is 125 Å². The molecule has 0 aromatic heterocycles. The van der Waals surface area contributed by atoms with E-state index in [1.807, 2.05) is 18.2 Å². The molecule has 0 heterocycles. The molecule has 19 heavy (non-hydrogen) atoms. The van der Waals surface area contributed by atoms with Gasteiger partial charge in [-0.05, 0) is 30.2 Å². The standard InChI is InChI=1S/C16H24BrNO/c1-6-16(4,11-18-12(2)3)10-13-9-14(17)7-8-15(13)19-5/h6-9,12,18H,1,10-11H2,2-5H3. The molecule has 0 fully saturated rings. The summed E-state index contributed by atoms with van der Waals surface area (Å²) >= 11 is 3.52. The Bertz CT molecular complexity index is 431. The Morgan fingerprint density at radius 1 is 1.47 bits per heavy atom. The average molecular weight is 326 g/mol. The second kappa shape index (κ2) is 7.11. The molecule has 2 nitrogen and oxygen atoms in total. The van der Waals surface area contributed by atoms with Crippen LogP contribution >= 0.6 is 15.9 Å². The van der Waals surface area contributed by atoms with Crippen molar-refractivity contribution in [2.24, 2.45) is 5.41 Å². The summed E-state index contributed by atoms with van der Waals surface area (Å²) in [5, 5.41) is 3.49. The van der Waals surface area contributed by atoms with E-state index in [1.54, 1.807) is 7.11 Å². The van der Waals surface area contributed by atoms with E-state index in [2.05, 4.69) is 54.7 Å². The Balaban J connectivity index is 2.90. The van der Waals surface area contributed by atoms with Gasteiger partial charge in [-0.3, -0.25) is 0 Å². The van der Waals surface area contributed by atoms with E-state index in [9.17, 15) is 0 Å². The second-order valence-electron chi connectivity index (χ2n) is 5.53. The van der Waals surface area contributed by atoms with E-state index in [0.29, 0.717) is 6.04 Å². The summed E-state index contributed by atoms with van der Waals surface area (Å²) < 4.78 is 6.52. The van der Waals surface area contributed by atoms with Crippen LogP contribution < -0.4 is 10.1 Å².